The predicted molar refractivity (Wildman–Crippen MR) is 132 cm³/mol. The molecule has 2 aromatic carbocycles. The lowest BCUT2D eigenvalue weighted by molar-refractivity contribution is 0.0951. The molecule has 1 amide bonds. The molecular formula is C26H26N4O2S. The first-order valence-corrected chi connectivity index (χ1v) is 11.6. The van der Waals surface area contributed by atoms with Crippen molar-refractivity contribution in [3.63, 3.8) is 0 Å². The number of rotatable bonds is 8. The Hall–Kier alpha value is -3.58. The Morgan fingerprint density at radius 1 is 1.09 bits per heavy atom. The Kier molecular flexibility index (Phi) is 7.10. The molecular weight excluding hydrogens is 432 g/mol. The Bertz CT molecular complexity index is 1220. The second kappa shape index (κ2) is 10.4. The van der Waals surface area contributed by atoms with Crippen LogP contribution >= 0.6 is 11.8 Å². The number of nitrogens with zero attached hydrogens (tertiary/aromatic N) is 3. The predicted octanol–water partition coefficient (Wildman–Crippen LogP) is 5.33. The van der Waals surface area contributed by atoms with Crippen LogP contribution < -0.4 is 10.2 Å². The molecule has 1 N–H and O–H groups in total. The number of oxazole rings is 1. The minimum absolute atomic E-state index is 0.133. The molecule has 0 saturated carbocycles. The summed E-state index contributed by atoms with van der Waals surface area (Å²) in [7, 11) is 4.07. The summed E-state index contributed by atoms with van der Waals surface area (Å²) in [6, 6.07) is 19.5. The van der Waals surface area contributed by atoms with Crippen LogP contribution in [0, 0.1) is 6.92 Å². The molecule has 0 radical (unpaired) electrons. The van der Waals surface area contributed by atoms with Crippen LogP contribution in [0.1, 0.15) is 27.4 Å². The third-order valence-electron chi connectivity index (χ3n) is 5.17. The van der Waals surface area contributed by atoms with Crippen LogP contribution in [0.5, 0.6) is 0 Å². The average Bonchev–Trinajstić information content (AvgIpc) is 3.22. The van der Waals surface area contributed by atoms with Gasteiger partial charge in [0, 0.05) is 60.5 Å². The number of hydrogen-bond acceptors (Lipinski definition) is 6. The lowest BCUT2D eigenvalue weighted by Crippen LogP contribution is -2.22. The van der Waals surface area contributed by atoms with Gasteiger partial charge >= 0.3 is 0 Å². The summed E-state index contributed by atoms with van der Waals surface area (Å²) in [5.74, 6) is 1.96. The van der Waals surface area contributed by atoms with Gasteiger partial charge in [0.05, 0.1) is 5.69 Å². The molecule has 0 unspecified atom stereocenters. The van der Waals surface area contributed by atoms with Crippen LogP contribution in [-0.2, 0) is 12.3 Å². The number of hydrogen-bond donors (Lipinski definition) is 1. The van der Waals surface area contributed by atoms with Gasteiger partial charge in [-0.25, -0.2) is 4.98 Å². The van der Waals surface area contributed by atoms with Crippen molar-refractivity contribution in [1.29, 1.82) is 0 Å². The maximum atomic E-state index is 12.4. The Labute approximate surface area is 198 Å². The molecule has 0 aliphatic rings. The lowest BCUT2D eigenvalue weighted by atomic mass is 10.1. The van der Waals surface area contributed by atoms with Crippen LogP contribution in [0.2, 0.25) is 0 Å². The molecule has 33 heavy (non-hydrogen) atoms. The molecule has 0 bridgehead atoms. The molecule has 0 spiro atoms. The average molecular weight is 459 g/mol. The van der Waals surface area contributed by atoms with Crippen LogP contribution in [0.15, 0.2) is 82.4 Å². The third kappa shape index (κ3) is 5.81. The quantitative estimate of drug-likeness (QED) is 0.360. The lowest BCUT2D eigenvalue weighted by Gasteiger charge is -2.13. The van der Waals surface area contributed by atoms with E-state index in [9.17, 15) is 4.79 Å². The van der Waals surface area contributed by atoms with Gasteiger partial charge < -0.3 is 14.6 Å². The summed E-state index contributed by atoms with van der Waals surface area (Å²) >= 11 is 1.73. The van der Waals surface area contributed by atoms with E-state index in [2.05, 4.69) is 39.5 Å². The number of benzene rings is 2. The van der Waals surface area contributed by atoms with Crippen molar-refractivity contribution in [2.24, 2.45) is 0 Å². The van der Waals surface area contributed by atoms with Crippen molar-refractivity contribution in [2.75, 3.05) is 19.0 Å². The number of amides is 1. The maximum absolute atomic E-state index is 12.4. The van der Waals surface area contributed by atoms with Gasteiger partial charge in [0.2, 0.25) is 5.89 Å². The SMILES string of the molecule is Cc1oc(-c2ccc(C(=O)NCc3cccnc3)cc2)nc1CSc1cccc(N(C)C)c1. The Balaban J connectivity index is 1.39. The maximum Gasteiger partial charge on any atom is 0.251 e. The van der Waals surface area contributed by atoms with Crippen molar-refractivity contribution >= 4 is 23.4 Å². The second-order valence-electron chi connectivity index (χ2n) is 7.82. The first-order chi connectivity index (χ1) is 16.0. The van der Waals surface area contributed by atoms with Crippen molar-refractivity contribution in [3.8, 4) is 11.5 Å². The van der Waals surface area contributed by atoms with Gasteiger partial charge in [-0.05, 0) is 61.0 Å². The van der Waals surface area contributed by atoms with Crippen molar-refractivity contribution < 1.29 is 9.21 Å². The van der Waals surface area contributed by atoms with Crippen LogP contribution in [0.25, 0.3) is 11.5 Å². The summed E-state index contributed by atoms with van der Waals surface area (Å²) in [5.41, 5.74) is 4.47. The second-order valence-corrected chi connectivity index (χ2v) is 8.87. The Morgan fingerprint density at radius 2 is 1.91 bits per heavy atom. The highest BCUT2D eigenvalue weighted by Gasteiger charge is 2.13. The molecule has 0 atom stereocenters. The molecule has 168 valence electrons. The molecule has 2 heterocycles. The highest BCUT2D eigenvalue weighted by atomic mass is 32.2. The van der Waals surface area contributed by atoms with Gasteiger partial charge in [0.1, 0.15) is 5.76 Å². The number of anilines is 1. The van der Waals surface area contributed by atoms with Crippen molar-refractivity contribution in [3.05, 3.63) is 95.6 Å². The van der Waals surface area contributed by atoms with Gasteiger partial charge in [-0.15, -0.1) is 11.8 Å². The van der Waals surface area contributed by atoms with E-state index < -0.39 is 0 Å². The number of thioether (sulfide) groups is 1. The first kappa shape index (κ1) is 22.6. The fourth-order valence-electron chi connectivity index (χ4n) is 3.24. The van der Waals surface area contributed by atoms with Gasteiger partial charge in [-0.2, -0.15) is 0 Å². The summed E-state index contributed by atoms with van der Waals surface area (Å²) in [6.07, 6.45) is 3.45. The topological polar surface area (TPSA) is 71.3 Å². The standard InChI is InChI=1S/C26H26N4O2S/c1-18-24(17-33-23-8-4-7-22(14-23)30(2)3)29-26(32-18)21-11-9-20(10-12-21)25(31)28-16-19-6-5-13-27-15-19/h4-15H,16-17H2,1-3H3,(H,28,31). The third-order valence-corrected chi connectivity index (χ3v) is 6.18. The van der Waals surface area contributed by atoms with Gasteiger partial charge in [0.25, 0.3) is 5.91 Å². The van der Waals surface area contributed by atoms with Crippen LogP contribution in [-0.4, -0.2) is 30.0 Å². The number of carbonyl (C=O) groups excluding carboxylic acids is 1. The highest BCUT2D eigenvalue weighted by molar-refractivity contribution is 7.98. The molecule has 0 aliphatic carbocycles. The van der Waals surface area contributed by atoms with Gasteiger partial charge in [0.15, 0.2) is 0 Å². The Morgan fingerprint density at radius 3 is 2.64 bits per heavy atom. The summed E-state index contributed by atoms with van der Waals surface area (Å²) < 4.78 is 5.92. The van der Waals surface area contributed by atoms with E-state index in [0.29, 0.717) is 18.0 Å². The van der Waals surface area contributed by atoms with E-state index in [1.54, 1.807) is 36.3 Å². The normalized spacial score (nSPS) is 10.8. The molecule has 0 aliphatic heterocycles. The van der Waals surface area contributed by atoms with Crippen LogP contribution in [0.3, 0.4) is 0 Å². The minimum atomic E-state index is -0.133. The molecule has 4 rings (SSSR count). The van der Waals surface area contributed by atoms with Gasteiger partial charge in [-0.3, -0.25) is 9.78 Å². The first-order valence-electron chi connectivity index (χ1n) is 10.6. The molecule has 6 nitrogen and oxygen atoms in total. The monoisotopic (exact) mass is 458 g/mol. The van der Waals surface area contributed by atoms with E-state index in [1.807, 2.05) is 45.3 Å². The smallest absolute Gasteiger partial charge is 0.251 e. The fourth-order valence-corrected chi connectivity index (χ4v) is 4.19. The summed E-state index contributed by atoms with van der Waals surface area (Å²) in [4.78, 5) is 24.5. The zero-order chi connectivity index (χ0) is 23.2. The molecule has 0 fully saturated rings. The van der Waals surface area contributed by atoms with Gasteiger partial charge in [-0.1, -0.05) is 12.1 Å². The van der Waals surface area contributed by atoms with Crippen LogP contribution in [0.4, 0.5) is 5.69 Å². The number of carbonyl (C=O) groups is 1. The van der Waals surface area contributed by atoms with E-state index in [1.165, 1.54) is 10.6 Å². The zero-order valence-electron chi connectivity index (χ0n) is 18.9. The largest absolute Gasteiger partial charge is 0.441 e. The molecule has 7 heteroatoms. The van der Waals surface area contributed by atoms with E-state index in [-0.39, 0.29) is 5.91 Å². The van der Waals surface area contributed by atoms with Crippen molar-refractivity contribution in [2.45, 2.75) is 24.1 Å². The number of pyridine rings is 1. The molecule has 4 aromatic rings. The summed E-state index contributed by atoms with van der Waals surface area (Å²) in [6.45, 7) is 2.37. The summed E-state index contributed by atoms with van der Waals surface area (Å²) in [5, 5.41) is 2.91. The highest BCUT2D eigenvalue weighted by Crippen LogP contribution is 2.29. The fraction of sp³-hybridized carbons (Fsp3) is 0.192. The number of aromatic nitrogens is 2. The number of nitrogens with one attached hydrogen (secondary N) is 1. The zero-order valence-corrected chi connectivity index (χ0v) is 19.7. The molecule has 2 aromatic heterocycles. The minimum Gasteiger partial charge on any atom is -0.441 e. The number of aryl methyl sites for hydroxylation is 1. The van der Waals surface area contributed by atoms with E-state index >= 15 is 0 Å². The van der Waals surface area contributed by atoms with E-state index in [0.717, 1.165) is 28.3 Å². The van der Waals surface area contributed by atoms with Crippen molar-refractivity contribution in [1.82, 2.24) is 15.3 Å². The van der Waals surface area contributed by atoms with E-state index in [4.69, 9.17) is 9.40 Å². The molecule has 0 saturated heterocycles.